The molecule has 0 fully saturated rings. The Balaban J connectivity index is 0. The highest BCUT2D eigenvalue weighted by Gasteiger charge is 1.95. The smallest absolute Gasteiger partial charge is 0.0471 e. The Hall–Kier alpha value is 0. The lowest BCUT2D eigenvalue weighted by Gasteiger charge is -2.05. The average Bonchev–Trinajstić information content (AvgIpc) is 2.23. The molecular formula is C16H36. The van der Waals surface area contributed by atoms with E-state index in [2.05, 4.69) is 41.5 Å². The third kappa shape index (κ3) is 23.7. The summed E-state index contributed by atoms with van der Waals surface area (Å²) in [6.07, 6.45) is 11.3. The first kappa shape index (κ1) is 18.4. The van der Waals surface area contributed by atoms with Crippen molar-refractivity contribution in [1.82, 2.24) is 0 Å². The van der Waals surface area contributed by atoms with E-state index in [1.54, 1.807) is 0 Å². The summed E-state index contributed by atoms with van der Waals surface area (Å²) in [6, 6.07) is 0. The predicted octanol–water partition coefficient (Wildman–Crippen LogP) is 6.45. The molecular weight excluding hydrogens is 192 g/mol. The summed E-state index contributed by atoms with van der Waals surface area (Å²) in [5, 5.41) is 0. The largest absolute Gasteiger partial charge is 0.0654 e. The van der Waals surface area contributed by atoms with Gasteiger partial charge in [-0.3, -0.25) is 0 Å². The Kier molecular flexibility index (Phi) is 17.2. The molecule has 0 heteroatoms. The molecule has 0 saturated heterocycles. The third-order valence-corrected chi connectivity index (χ3v) is 2.78. The molecule has 0 nitrogen and oxygen atoms in total. The van der Waals surface area contributed by atoms with Crippen molar-refractivity contribution < 1.29 is 0 Å². The van der Waals surface area contributed by atoms with Crippen molar-refractivity contribution in [2.45, 2.75) is 92.9 Å². The molecule has 0 heterocycles. The van der Waals surface area contributed by atoms with Gasteiger partial charge >= 0.3 is 0 Å². The minimum absolute atomic E-state index is 0.886. The normalized spacial score (nSPS) is 10.5. The van der Waals surface area contributed by atoms with Crippen LogP contribution in [-0.4, -0.2) is 0 Å². The van der Waals surface area contributed by atoms with Crippen molar-refractivity contribution in [3.8, 4) is 0 Å². The van der Waals surface area contributed by atoms with Crippen molar-refractivity contribution >= 4 is 0 Å². The van der Waals surface area contributed by atoms with Crippen LogP contribution >= 0.6 is 0 Å². The molecule has 0 N–H and O–H groups in total. The first-order chi connectivity index (χ1) is 7.54. The van der Waals surface area contributed by atoms with Gasteiger partial charge in [0.1, 0.15) is 0 Å². The zero-order chi connectivity index (χ0) is 12.8. The van der Waals surface area contributed by atoms with Crippen LogP contribution in [-0.2, 0) is 0 Å². The summed E-state index contributed by atoms with van der Waals surface area (Å²) in [4.78, 5) is 0. The molecule has 0 radical (unpaired) electrons. The minimum atomic E-state index is 0.886. The molecule has 0 aromatic carbocycles. The van der Waals surface area contributed by atoms with E-state index in [0.29, 0.717) is 0 Å². The second kappa shape index (κ2) is 15.0. The number of rotatable bonds is 8. The predicted molar refractivity (Wildman–Crippen MR) is 78.0 cm³/mol. The van der Waals surface area contributed by atoms with Gasteiger partial charge in [0.05, 0.1) is 0 Å². The number of unbranched alkanes of at least 4 members (excludes halogenated alkanes) is 5. The molecule has 100 valence electrons. The van der Waals surface area contributed by atoms with E-state index >= 15 is 0 Å². The molecule has 0 rings (SSSR count). The van der Waals surface area contributed by atoms with E-state index < -0.39 is 0 Å². The molecule has 0 spiro atoms. The maximum atomic E-state index is 2.28. The highest BCUT2D eigenvalue weighted by molar-refractivity contribution is 4.48. The maximum Gasteiger partial charge on any atom is -0.0471 e. The molecule has 16 heavy (non-hydrogen) atoms. The van der Waals surface area contributed by atoms with Gasteiger partial charge in [-0.1, -0.05) is 92.9 Å². The summed E-state index contributed by atoms with van der Waals surface area (Å²) in [5.41, 5.74) is 0. The van der Waals surface area contributed by atoms with Crippen LogP contribution in [0.5, 0.6) is 0 Å². The van der Waals surface area contributed by atoms with Crippen molar-refractivity contribution in [3.05, 3.63) is 0 Å². The molecule has 0 aromatic heterocycles. The van der Waals surface area contributed by atoms with Crippen LogP contribution in [0.1, 0.15) is 92.9 Å². The highest BCUT2D eigenvalue weighted by Crippen LogP contribution is 2.09. The van der Waals surface area contributed by atoms with E-state index in [4.69, 9.17) is 0 Å². The van der Waals surface area contributed by atoms with Gasteiger partial charge < -0.3 is 0 Å². The minimum Gasteiger partial charge on any atom is -0.0654 e. The molecule has 0 aliphatic heterocycles. The van der Waals surface area contributed by atoms with E-state index in [1.807, 2.05) is 0 Å². The fourth-order valence-electron chi connectivity index (χ4n) is 1.52. The van der Waals surface area contributed by atoms with E-state index in [9.17, 15) is 0 Å². The zero-order valence-electron chi connectivity index (χ0n) is 12.8. The van der Waals surface area contributed by atoms with E-state index in [-0.39, 0.29) is 0 Å². The topological polar surface area (TPSA) is 0 Å². The fourth-order valence-corrected chi connectivity index (χ4v) is 1.52. The summed E-state index contributed by atoms with van der Waals surface area (Å²) < 4.78 is 0. The van der Waals surface area contributed by atoms with Crippen molar-refractivity contribution in [2.75, 3.05) is 0 Å². The van der Waals surface area contributed by atoms with Crippen LogP contribution in [0.4, 0.5) is 0 Å². The molecule has 0 aromatic rings. The van der Waals surface area contributed by atoms with Crippen molar-refractivity contribution in [2.24, 2.45) is 11.8 Å². The average molecular weight is 228 g/mol. The lowest BCUT2D eigenvalue weighted by molar-refractivity contribution is 0.476. The Bertz CT molecular complexity index is 88.6. The highest BCUT2D eigenvalue weighted by atomic mass is 14.0. The van der Waals surface area contributed by atoms with Crippen LogP contribution in [0.15, 0.2) is 0 Å². The van der Waals surface area contributed by atoms with Crippen LogP contribution < -0.4 is 0 Å². The van der Waals surface area contributed by atoms with Crippen molar-refractivity contribution in [1.29, 1.82) is 0 Å². The zero-order valence-corrected chi connectivity index (χ0v) is 12.8. The van der Waals surface area contributed by atoms with Crippen LogP contribution in [0.2, 0.25) is 0 Å². The maximum absolute atomic E-state index is 2.28. The summed E-state index contributed by atoms with van der Waals surface area (Å²) in [7, 11) is 0. The van der Waals surface area contributed by atoms with Gasteiger partial charge in [-0.05, 0) is 11.8 Å². The lowest BCUT2D eigenvalue weighted by Crippen LogP contribution is -1.91. The van der Waals surface area contributed by atoms with E-state index in [0.717, 1.165) is 11.8 Å². The molecule has 0 bridgehead atoms. The van der Waals surface area contributed by atoms with E-state index in [1.165, 1.54) is 51.4 Å². The molecule has 0 aliphatic rings. The van der Waals surface area contributed by atoms with Gasteiger partial charge in [-0.15, -0.1) is 0 Å². The van der Waals surface area contributed by atoms with Gasteiger partial charge in [-0.2, -0.15) is 0 Å². The van der Waals surface area contributed by atoms with Crippen LogP contribution in [0, 0.1) is 11.8 Å². The first-order valence-electron chi connectivity index (χ1n) is 7.54. The molecule has 0 atom stereocenters. The Morgan fingerprint density at radius 1 is 0.562 bits per heavy atom. The van der Waals surface area contributed by atoms with Gasteiger partial charge in [0.25, 0.3) is 0 Å². The van der Waals surface area contributed by atoms with Crippen LogP contribution in [0.3, 0.4) is 0 Å². The number of hydrogen-bond acceptors (Lipinski definition) is 0. The second-order valence-electron chi connectivity index (χ2n) is 5.78. The SMILES string of the molecule is CC(C)CCC(C)C.CCCCCCCC. The monoisotopic (exact) mass is 228 g/mol. The second-order valence-corrected chi connectivity index (χ2v) is 5.78. The standard InChI is InChI=1S/2C8H18/c1-7(2)5-6-8(3)4;1-3-5-7-8-6-4-2/h7-8H,5-6H2,1-4H3;3-8H2,1-2H3. The Morgan fingerprint density at radius 3 is 1.06 bits per heavy atom. The Labute approximate surface area is 105 Å². The van der Waals surface area contributed by atoms with Crippen molar-refractivity contribution in [3.63, 3.8) is 0 Å². The van der Waals surface area contributed by atoms with Crippen LogP contribution in [0.25, 0.3) is 0 Å². The summed E-state index contributed by atoms with van der Waals surface area (Å²) >= 11 is 0. The first-order valence-corrected chi connectivity index (χ1v) is 7.54. The Morgan fingerprint density at radius 2 is 0.875 bits per heavy atom. The summed E-state index contributed by atoms with van der Waals surface area (Å²) in [6.45, 7) is 13.6. The van der Waals surface area contributed by atoms with Gasteiger partial charge in [0.15, 0.2) is 0 Å². The molecule has 0 saturated carbocycles. The van der Waals surface area contributed by atoms with Gasteiger partial charge in [0.2, 0.25) is 0 Å². The fraction of sp³-hybridized carbons (Fsp3) is 1.00. The lowest BCUT2D eigenvalue weighted by atomic mass is 10.0. The van der Waals surface area contributed by atoms with Gasteiger partial charge in [-0.25, -0.2) is 0 Å². The third-order valence-electron chi connectivity index (χ3n) is 2.78. The van der Waals surface area contributed by atoms with Gasteiger partial charge in [0, 0.05) is 0 Å². The molecule has 0 amide bonds. The molecule has 0 aliphatic carbocycles. The quantitative estimate of drug-likeness (QED) is 0.419. The molecule has 0 unspecified atom stereocenters. The summed E-state index contributed by atoms with van der Waals surface area (Å²) in [5.74, 6) is 1.77. The number of hydrogen-bond donors (Lipinski definition) is 0.